The van der Waals surface area contributed by atoms with Gasteiger partial charge in [0.2, 0.25) is 0 Å². The summed E-state index contributed by atoms with van der Waals surface area (Å²) in [5, 5.41) is 3.73. The second-order valence-corrected chi connectivity index (χ2v) is 7.75. The number of halogens is 2. The third-order valence-corrected chi connectivity index (χ3v) is 5.74. The lowest BCUT2D eigenvalue weighted by atomic mass is 9.80. The summed E-state index contributed by atoms with van der Waals surface area (Å²) < 4.78 is 10.5. The molecular formula is C22H27Cl2NO4. The molecule has 1 unspecified atom stereocenters. The fourth-order valence-corrected chi connectivity index (χ4v) is 3.89. The highest BCUT2D eigenvalue weighted by Crippen LogP contribution is 2.43. The molecule has 158 valence electrons. The normalized spacial score (nSPS) is 16.6. The second-order valence-electron chi connectivity index (χ2n) is 6.97. The van der Waals surface area contributed by atoms with Crippen LogP contribution in [0.15, 0.2) is 40.7 Å². The van der Waals surface area contributed by atoms with Crippen LogP contribution < -0.4 is 5.32 Å². The Morgan fingerprint density at radius 3 is 2.31 bits per heavy atom. The first kappa shape index (κ1) is 23.3. The molecule has 1 atom stereocenters. The van der Waals surface area contributed by atoms with E-state index in [2.05, 4.69) is 12.2 Å². The first-order valence-electron chi connectivity index (χ1n) is 9.71. The van der Waals surface area contributed by atoms with Gasteiger partial charge in [0.05, 0.1) is 40.8 Å². The van der Waals surface area contributed by atoms with Crippen molar-refractivity contribution in [1.29, 1.82) is 0 Å². The molecule has 2 rings (SSSR count). The molecule has 7 heteroatoms. The number of carbonyl (C=O) groups is 2. The highest BCUT2D eigenvalue weighted by molar-refractivity contribution is 6.42. The van der Waals surface area contributed by atoms with E-state index in [9.17, 15) is 9.59 Å². The lowest BCUT2D eigenvalue weighted by Crippen LogP contribution is -2.32. The minimum atomic E-state index is -0.738. The number of methoxy groups -OCH3 is 1. The smallest absolute Gasteiger partial charge is 0.336 e. The van der Waals surface area contributed by atoms with Crippen molar-refractivity contribution >= 4 is 35.1 Å². The molecule has 5 nitrogen and oxygen atoms in total. The van der Waals surface area contributed by atoms with Crippen LogP contribution in [0.4, 0.5) is 0 Å². The van der Waals surface area contributed by atoms with Crippen molar-refractivity contribution in [3.63, 3.8) is 0 Å². The molecule has 0 amide bonds. The number of esters is 2. The van der Waals surface area contributed by atoms with E-state index in [1.807, 2.05) is 0 Å². The minimum Gasteiger partial charge on any atom is -0.466 e. The van der Waals surface area contributed by atoms with Crippen LogP contribution in [0.1, 0.15) is 57.9 Å². The summed E-state index contributed by atoms with van der Waals surface area (Å²) in [4.78, 5) is 25.6. The third kappa shape index (κ3) is 5.34. The molecule has 0 aliphatic carbocycles. The average molecular weight is 440 g/mol. The van der Waals surface area contributed by atoms with Crippen molar-refractivity contribution in [2.24, 2.45) is 0 Å². The lowest BCUT2D eigenvalue weighted by Gasteiger charge is -2.30. The monoisotopic (exact) mass is 439 g/mol. The Labute approximate surface area is 182 Å². The molecule has 0 bridgehead atoms. The van der Waals surface area contributed by atoms with E-state index in [4.69, 9.17) is 32.7 Å². The zero-order chi connectivity index (χ0) is 21.6. The van der Waals surface area contributed by atoms with Crippen molar-refractivity contribution in [3.05, 3.63) is 56.3 Å². The maximum Gasteiger partial charge on any atom is 0.336 e. The molecule has 0 saturated carbocycles. The van der Waals surface area contributed by atoms with Gasteiger partial charge in [-0.3, -0.25) is 0 Å². The van der Waals surface area contributed by atoms with E-state index in [0.717, 1.165) is 25.7 Å². The molecule has 0 radical (unpaired) electrons. The summed E-state index contributed by atoms with van der Waals surface area (Å²) in [7, 11) is 1.30. The second kappa shape index (κ2) is 10.7. The number of nitrogens with one attached hydrogen (secondary N) is 1. The molecule has 1 heterocycles. The Morgan fingerprint density at radius 2 is 1.69 bits per heavy atom. The Hall–Kier alpha value is -1.98. The van der Waals surface area contributed by atoms with Crippen LogP contribution in [0, 0.1) is 0 Å². The molecule has 0 spiro atoms. The van der Waals surface area contributed by atoms with Crippen LogP contribution in [-0.2, 0) is 19.1 Å². The van der Waals surface area contributed by atoms with Gasteiger partial charge in [0.15, 0.2) is 0 Å². The van der Waals surface area contributed by atoms with Gasteiger partial charge in [0.25, 0.3) is 0 Å². The van der Waals surface area contributed by atoms with Crippen LogP contribution in [0.5, 0.6) is 0 Å². The minimum absolute atomic E-state index is 0.288. The number of ether oxygens (including phenoxy) is 2. The van der Waals surface area contributed by atoms with Gasteiger partial charge in [-0.15, -0.1) is 0 Å². The topological polar surface area (TPSA) is 64.6 Å². The summed E-state index contributed by atoms with van der Waals surface area (Å²) in [6.45, 7) is 5.98. The lowest BCUT2D eigenvalue weighted by molar-refractivity contribution is -0.139. The van der Waals surface area contributed by atoms with E-state index >= 15 is 0 Å². The molecule has 1 aromatic rings. The Morgan fingerprint density at radius 1 is 1.03 bits per heavy atom. The molecule has 1 aliphatic heterocycles. The number of hydrogen-bond acceptors (Lipinski definition) is 5. The number of allylic oxidation sites excluding steroid dienone is 2. The molecule has 0 aromatic heterocycles. The Kier molecular flexibility index (Phi) is 8.60. The van der Waals surface area contributed by atoms with Crippen LogP contribution >= 0.6 is 23.2 Å². The highest BCUT2D eigenvalue weighted by Gasteiger charge is 2.39. The molecule has 1 aliphatic rings. The maximum absolute atomic E-state index is 13.0. The van der Waals surface area contributed by atoms with Gasteiger partial charge in [0.1, 0.15) is 0 Å². The van der Waals surface area contributed by atoms with Crippen molar-refractivity contribution in [3.8, 4) is 0 Å². The van der Waals surface area contributed by atoms with Crippen LogP contribution in [0.2, 0.25) is 10.0 Å². The molecular weight excluding hydrogens is 413 g/mol. The summed E-state index contributed by atoms with van der Waals surface area (Å²) in [6, 6.07) is 5.15. The van der Waals surface area contributed by atoms with Crippen molar-refractivity contribution in [2.75, 3.05) is 13.7 Å². The van der Waals surface area contributed by atoms with Gasteiger partial charge in [-0.05, 0) is 31.9 Å². The average Bonchev–Trinajstić information content (AvgIpc) is 2.68. The number of unbranched alkanes of at least 4 members (excludes halogenated alkanes) is 3. The number of benzene rings is 1. The maximum atomic E-state index is 13.0. The Bertz CT molecular complexity index is 845. The largest absolute Gasteiger partial charge is 0.466 e. The quantitative estimate of drug-likeness (QED) is 0.426. The van der Waals surface area contributed by atoms with Crippen LogP contribution in [-0.4, -0.2) is 25.7 Å². The van der Waals surface area contributed by atoms with Crippen LogP contribution in [0.3, 0.4) is 0 Å². The highest BCUT2D eigenvalue weighted by atomic mass is 35.5. The predicted octanol–water partition coefficient (Wildman–Crippen LogP) is 5.52. The van der Waals surface area contributed by atoms with Crippen LogP contribution in [0.25, 0.3) is 0 Å². The first-order chi connectivity index (χ1) is 13.8. The van der Waals surface area contributed by atoms with E-state index in [1.54, 1.807) is 32.0 Å². The predicted molar refractivity (Wildman–Crippen MR) is 115 cm³/mol. The van der Waals surface area contributed by atoms with Gasteiger partial charge in [-0.25, -0.2) is 9.59 Å². The SMILES string of the molecule is CCCCCCOC(=O)C1=C(C)NC(C)=C(C(=O)OC)C1c1cccc(Cl)c1Cl. The third-order valence-electron chi connectivity index (χ3n) is 4.91. The van der Waals surface area contributed by atoms with Gasteiger partial charge >= 0.3 is 11.9 Å². The van der Waals surface area contributed by atoms with Gasteiger partial charge in [-0.1, -0.05) is 61.5 Å². The van der Waals surface area contributed by atoms with Gasteiger partial charge in [-0.2, -0.15) is 0 Å². The standard InChI is InChI=1S/C22H27Cl2NO4/c1-5-6-7-8-12-29-22(27)18-14(3)25-13(2)17(21(26)28-4)19(18)15-10-9-11-16(23)20(15)24/h9-11,19,25H,5-8,12H2,1-4H3. The van der Waals surface area contributed by atoms with Crippen molar-refractivity contribution in [2.45, 2.75) is 52.4 Å². The zero-order valence-electron chi connectivity index (χ0n) is 17.2. The fourth-order valence-electron chi connectivity index (χ4n) is 3.47. The molecule has 0 saturated heterocycles. The van der Waals surface area contributed by atoms with E-state index in [1.165, 1.54) is 7.11 Å². The van der Waals surface area contributed by atoms with Crippen molar-refractivity contribution in [1.82, 2.24) is 5.32 Å². The fraction of sp³-hybridized carbons (Fsp3) is 0.455. The van der Waals surface area contributed by atoms with Gasteiger partial charge < -0.3 is 14.8 Å². The van der Waals surface area contributed by atoms with E-state index in [0.29, 0.717) is 39.7 Å². The summed E-state index contributed by atoms with van der Waals surface area (Å²) in [5.74, 6) is -1.77. The number of dihydropyridines is 1. The summed E-state index contributed by atoms with van der Waals surface area (Å²) in [5.41, 5.74) is 2.39. The number of rotatable bonds is 8. The number of hydrogen-bond donors (Lipinski definition) is 1. The van der Waals surface area contributed by atoms with E-state index < -0.39 is 17.9 Å². The number of carbonyl (C=O) groups excluding carboxylic acids is 2. The Balaban J connectivity index is 2.46. The molecule has 1 N–H and O–H groups in total. The molecule has 29 heavy (non-hydrogen) atoms. The molecule has 1 aromatic carbocycles. The van der Waals surface area contributed by atoms with Gasteiger partial charge in [0, 0.05) is 11.4 Å². The summed E-state index contributed by atoms with van der Waals surface area (Å²) in [6.07, 6.45) is 3.98. The zero-order valence-corrected chi connectivity index (χ0v) is 18.7. The van der Waals surface area contributed by atoms with E-state index in [-0.39, 0.29) is 5.02 Å². The van der Waals surface area contributed by atoms with Crippen molar-refractivity contribution < 1.29 is 19.1 Å². The first-order valence-corrected chi connectivity index (χ1v) is 10.5. The summed E-state index contributed by atoms with van der Waals surface area (Å²) >= 11 is 12.7. The molecule has 0 fully saturated rings.